The molecule has 1 fully saturated rings. The lowest BCUT2D eigenvalue weighted by Crippen LogP contribution is -2.44. The van der Waals surface area contributed by atoms with E-state index >= 15 is 4.39 Å². The van der Waals surface area contributed by atoms with Crippen LogP contribution >= 0.6 is 11.8 Å². The lowest BCUT2D eigenvalue weighted by atomic mass is 10.1. The molecule has 1 saturated heterocycles. The predicted octanol–water partition coefficient (Wildman–Crippen LogP) is 4.04. The SMILES string of the molecule is CCn1cc(-c2nc(SCc3nnc(-c4ccc(OC)cc4)o3)n(CN(C)C)n2)c(=O)c2cc(F)c(N3CCN(C)CC3)cc21. The third-order valence-corrected chi connectivity index (χ3v) is 8.71. The van der Waals surface area contributed by atoms with Gasteiger partial charge in [-0.3, -0.25) is 9.69 Å². The number of anilines is 1. The van der Waals surface area contributed by atoms with E-state index in [1.54, 1.807) is 24.1 Å². The fourth-order valence-corrected chi connectivity index (χ4v) is 6.07. The Hall–Kier alpha value is -4.27. The van der Waals surface area contributed by atoms with Crippen LogP contribution in [0.2, 0.25) is 0 Å². The topological polar surface area (TPSA) is 111 Å². The first-order valence-corrected chi connectivity index (χ1v) is 15.7. The fraction of sp³-hybridized carbons (Fsp3) is 0.387. The van der Waals surface area contributed by atoms with Crippen molar-refractivity contribution in [3.05, 3.63) is 64.5 Å². The number of halogens is 1. The molecule has 0 radical (unpaired) electrons. The number of benzene rings is 2. The highest BCUT2D eigenvalue weighted by atomic mass is 32.2. The summed E-state index contributed by atoms with van der Waals surface area (Å²) in [5.74, 6) is 1.80. The summed E-state index contributed by atoms with van der Waals surface area (Å²) in [5, 5.41) is 14.0. The maximum Gasteiger partial charge on any atom is 0.247 e. The van der Waals surface area contributed by atoms with Gasteiger partial charge in [0.25, 0.3) is 0 Å². The normalized spacial score (nSPS) is 14.2. The van der Waals surface area contributed by atoms with E-state index in [9.17, 15) is 4.79 Å². The van der Waals surface area contributed by atoms with Gasteiger partial charge in [0.05, 0.1) is 36.3 Å². The van der Waals surface area contributed by atoms with E-state index in [0.717, 1.165) is 37.5 Å². The zero-order valence-corrected chi connectivity index (χ0v) is 26.8. The van der Waals surface area contributed by atoms with E-state index in [0.29, 0.717) is 58.1 Å². The van der Waals surface area contributed by atoms with E-state index in [4.69, 9.17) is 19.2 Å². The van der Waals surface area contributed by atoms with E-state index in [1.165, 1.54) is 17.8 Å². The Bertz CT molecular complexity index is 1860. The number of fused-ring (bicyclic) bond motifs is 1. The number of methoxy groups -OCH3 is 1. The summed E-state index contributed by atoms with van der Waals surface area (Å²) < 4.78 is 30.3. The molecule has 0 bridgehead atoms. The van der Waals surface area contributed by atoms with Gasteiger partial charge in [-0.25, -0.2) is 14.1 Å². The van der Waals surface area contributed by atoms with Crippen molar-refractivity contribution in [3.8, 4) is 28.6 Å². The molecule has 5 aromatic rings. The van der Waals surface area contributed by atoms with E-state index < -0.39 is 5.82 Å². The van der Waals surface area contributed by atoms with Gasteiger partial charge in [0, 0.05) is 49.9 Å². The number of nitrogens with zero attached hydrogens (tertiary/aromatic N) is 9. The fourth-order valence-electron chi connectivity index (χ4n) is 5.31. The molecule has 0 atom stereocenters. The number of ether oxygens (including phenoxy) is 1. The summed E-state index contributed by atoms with van der Waals surface area (Å²) in [6.45, 7) is 6.20. The van der Waals surface area contributed by atoms with Gasteiger partial charge in [-0.15, -0.1) is 15.3 Å². The number of aryl methyl sites for hydroxylation is 1. The van der Waals surface area contributed by atoms with Crippen LogP contribution in [0.4, 0.5) is 10.1 Å². The summed E-state index contributed by atoms with van der Waals surface area (Å²) in [4.78, 5) is 24.8. The molecular formula is C31H36FN9O3S. The largest absolute Gasteiger partial charge is 0.497 e. The quantitative estimate of drug-likeness (QED) is 0.208. The number of aromatic nitrogens is 6. The monoisotopic (exact) mass is 633 g/mol. The molecule has 3 aromatic heterocycles. The van der Waals surface area contributed by atoms with E-state index in [-0.39, 0.29) is 11.3 Å². The Morgan fingerprint density at radius 2 is 1.84 bits per heavy atom. The zero-order chi connectivity index (χ0) is 31.7. The van der Waals surface area contributed by atoms with Crippen LogP contribution in [0.1, 0.15) is 12.8 Å². The lowest BCUT2D eigenvalue weighted by Gasteiger charge is -2.34. The van der Waals surface area contributed by atoms with Crippen LogP contribution in [0.5, 0.6) is 5.75 Å². The van der Waals surface area contributed by atoms with Crippen molar-refractivity contribution in [2.45, 2.75) is 31.0 Å². The molecule has 14 heteroatoms. The third-order valence-electron chi connectivity index (χ3n) is 7.76. The molecule has 4 heterocycles. The second-order valence-corrected chi connectivity index (χ2v) is 12.2. The first-order valence-electron chi connectivity index (χ1n) is 14.7. The summed E-state index contributed by atoms with van der Waals surface area (Å²) in [6.07, 6.45) is 1.78. The van der Waals surface area contributed by atoms with Crippen molar-refractivity contribution >= 4 is 28.4 Å². The molecule has 6 rings (SSSR count). The highest BCUT2D eigenvalue weighted by molar-refractivity contribution is 7.98. The number of hydrogen-bond donors (Lipinski definition) is 0. The standard InChI is InChI=1S/C31H36FN9O3S/c1-6-39-17-23(28(42)22-15-24(32)26(16-25(22)39)40-13-11-38(4)12-14-40)29-33-31(41(36-29)19-37(2)3)45-18-27-34-35-30(44-27)20-7-9-21(43-5)10-8-20/h7-10,15-17H,6,11-14,18-19H2,1-5H3. The molecule has 0 unspecified atom stereocenters. The first-order chi connectivity index (χ1) is 21.7. The Balaban J connectivity index is 1.30. The predicted molar refractivity (Wildman–Crippen MR) is 172 cm³/mol. The van der Waals surface area contributed by atoms with Crippen molar-refractivity contribution in [1.82, 2.24) is 39.3 Å². The number of rotatable bonds is 10. The first kappa shape index (κ1) is 30.7. The van der Waals surface area contributed by atoms with Crippen molar-refractivity contribution in [2.75, 3.05) is 59.3 Å². The number of pyridine rings is 1. The second kappa shape index (κ2) is 13.0. The van der Waals surface area contributed by atoms with Gasteiger partial charge in [0.2, 0.25) is 17.2 Å². The summed E-state index contributed by atoms with van der Waals surface area (Å²) >= 11 is 1.38. The minimum Gasteiger partial charge on any atom is -0.497 e. The molecule has 1 aliphatic heterocycles. The highest BCUT2D eigenvalue weighted by Crippen LogP contribution is 2.29. The Kier molecular flexibility index (Phi) is 8.88. The maximum absolute atomic E-state index is 15.5. The van der Waals surface area contributed by atoms with Crippen molar-refractivity contribution in [1.29, 1.82) is 0 Å². The molecular weight excluding hydrogens is 597 g/mol. The van der Waals surface area contributed by atoms with Crippen LogP contribution in [0.3, 0.4) is 0 Å². The van der Waals surface area contributed by atoms with Crippen LogP contribution < -0.4 is 15.1 Å². The van der Waals surface area contributed by atoms with Gasteiger partial charge < -0.3 is 23.5 Å². The van der Waals surface area contributed by atoms with Crippen LogP contribution in [0.15, 0.2) is 57.0 Å². The van der Waals surface area contributed by atoms with Crippen LogP contribution in [-0.2, 0) is 19.0 Å². The molecule has 2 aromatic carbocycles. The second-order valence-electron chi connectivity index (χ2n) is 11.2. The molecule has 0 amide bonds. The van der Waals surface area contributed by atoms with E-state index in [1.807, 2.05) is 59.7 Å². The van der Waals surface area contributed by atoms with Gasteiger partial charge in [0.1, 0.15) is 11.6 Å². The molecule has 236 valence electrons. The molecule has 0 spiro atoms. The van der Waals surface area contributed by atoms with Gasteiger partial charge in [0.15, 0.2) is 11.0 Å². The van der Waals surface area contributed by atoms with Gasteiger partial charge in [-0.05, 0) is 64.5 Å². The van der Waals surface area contributed by atoms with Crippen LogP contribution in [0, 0.1) is 5.82 Å². The molecule has 0 N–H and O–H groups in total. The molecule has 0 aliphatic carbocycles. The minimum absolute atomic E-state index is 0.279. The van der Waals surface area contributed by atoms with Crippen LogP contribution in [-0.4, -0.2) is 93.8 Å². The van der Waals surface area contributed by atoms with Crippen LogP contribution in [0.25, 0.3) is 33.7 Å². The lowest BCUT2D eigenvalue weighted by molar-refractivity contribution is 0.292. The summed E-state index contributed by atoms with van der Waals surface area (Å²) in [7, 11) is 7.53. The van der Waals surface area contributed by atoms with E-state index in [2.05, 4.69) is 22.1 Å². The number of hydrogen-bond acceptors (Lipinski definition) is 11. The van der Waals surface area contributed by atoms with Gasteiger partial charge >= 0.3 is 0 Å². The minimum atomic E-state index is -0.403. The smallest absolute Gasteiger partial charge is 0.247 e. The summed E-state index contributed by atoms with van der Waals surface area (Å²) in [5.41, 5.74) is 2.00. The number of piperazine rings is 1. The molecule has 0 saturated carbocycles. The van der Waals surface area contributed by atoms with Gasteiger partial charge in [-0.1, -0.05) is 11.8 Å². The number of likely N-dealkylation sites (N-methyl/N-ethyl adjacent to an activating group) is 1. The Morgan fingerprint density at radius 1 is 1.09 bits per heavy atom. The molecule has 1 aliphatic rings. The Morgan fingerprint density at radius 3 is 2.53 bits per heavy atom. The van der Waals surface area contributed by atoms with Crippen molar-refractivity contribution in [3.63, 3.8) is 0 Å². The average Bonchev–Trinajstić information content (AvgIpc) is 3.67. The average molecular weight is 634 g/mol. The third kappa shape index (κ3) is 6.44. The Labute approximate surface area is 264 Å². The van der Waals surface area contributed by atoms with Crippen molar-refractivity contribution < 1.29 is 13.5 Å². The maximum atomic E-state index is 15.5. The molecule has 12 nitrogen and oxygen atoms in total. The van der Waals surface area contributed by atoms with Gasteiger partial charge in [-0.2, -0.15) is 0 Å². The molecule has 45 heavy (non-hydrogen) atoms. The summed E-state index contributed by atoms with van der Waals surface area (Å²) in [6, 6.07) is 10.5. The highest BCUT2D eigenvalue weighted by Gasteiger charge is 2.23. The van der Waals surface area contributed by atoms with Crippen molar-refractivity contribution in [2.24, 2.45) is 0 Å². The number of thioether (sulfide) groups is 1. The zero-order valence-electron chi connectivity index (χ0n) is 26.0.